The molecule has 0 saturated heterocycles. The molecule has 2 heterocycles. The van der Waals surface area contributed by atoms with Gasteiger partial charge in [0.05, 0.1) is 5.69 Å². The van der Waals surface area contributed by atoms with E-state index in [9.17, 15) is 4.79 Å². The predicted molar refractivity (Wildman–Crippen MR) is 50.7 cm³/mol. The van der Waals surface area contributed by atoms with Crippen LogP contribution in [0.3, 0.4) is 0 Å². The Morgan fingerprint density at radius 2 is 1.86 bits per heavy atom. The minimum atomic E-state index is 0.194. The summed E-state index contributed by atoms with van der Waals surface area (Å²) in [5.41, 5.74) is 1.65. The van der Waals surface area contributed by atoms with Crippen molar-refractivity contribution in [2.45, 2.75) is 0 Å². The van der Waals surface area contributed by atoms with Crippen LogP contribution in [0, 0.1) is 0 Å². The second kappa shape index (κ2) is 3.74. The predicted octanol–water partition coefficient (Wildman–Crippen LogP) is 1.35. The summed E-state index contributed by atoms with van der Waals surface area (Å²) >= 11 is 0. The third kappa shape index (κ3) is 1.64. The molecule has 2 aromatic heterocycles. The zero-order valence-electron chi connectivity index (χ0n) is 7.29. The zero-order valence-corrected chi connectivity index (χ0v) is 7.29. The van der Waals surface area contributed by atoms with Gasteiger partial charge in [-0.05, 0) is 18.2 Å². The van der Waals surface area contributed by atoms with Crippen LogP contribution in [0.2, 0.25) is 0 Å². The van der Waals surface area contributed by atoms with E-state index in [0.29, 0.717) is 6.29 Å². The number of carbonyl (C=O) groups is 1. The first-order chi connectivity index (χ1) is 6.90. The highest BCUT2D eigenvalue weighted by Crippen LogP contribution is 2.13. The van der Waals surface area contributed by atoms with Gasteiger partial charge in [-0.3, -0.25) is 9.78 Å². The smallest absolute Gasteiger partial charge is 0.193 e. The van der Waals surface area contributed by atoms with Gasteiger partial charge in [0.15, 0.2) is 12.1 Å². The summed E-state index contributed by atoms with van der Waals surface area (Å²) in [5.74, 6) is 0.194. The number of hydrogen-bond donors (Lipinski definition) is 0. The third-order valence-corrected chi connectivity index (χ3v) is 1.76. The van der Waals surface area contributed by atoms with Crippen LogP contribution in [-0.2, 0) is 0 Å². The molecule has 2 rings (SSSR count). The minimum absolute atomic E-state index is 0.194. The van der Waals surface area contributed by atoms with Crippen LogP contribution in [0.4, 0.5) is 0 Å². The van der Waals surface area contributed by atoms with Crippen molar-refractivity contribution in [2.75, 3.05) is 0 Å². The van der Waals surface area contributed by atoms with E-state index in [1.807, 2.05) is 12.1 Å². The maximum absolute atomic E-state index is 10.5. The van der Waals surface area contributed by atoms with Crippen molar-refractivity contribution in [3.05, 3.63) is 42.6 Å². The molecule has 0 fully saturated rings. The second-order valence-corrected chi connectivity index (χ2v) is 2.65. The summed E-state index contributed by atoms with van der Waals surface area (Å²) in [6.07, 6.45) is 5.55. The van der Waals surface area contributed by atoms with E-state index in [-0.39, 0.29) is 5.82 Å². The van der Waals surface area contributed by atoms with Crippen molar-refractivity contribution in [1.82, 2.24) is 15.0 Å². The van der Waals surface area contributed by atoms with Gasteiger partial charge in [0.25, 0.3) is 0 Å². The molecule has 0 radical (unpaired) electrons. The summed E-state index contributed by atoms with van der Waals surface area (Å²) in [7, 11) is 0. The van der Waals surface area contributed by atoms with Crippen molar-refractivity contribution in [3.8, 4) is 11.3 Å². The van der Waals surface area contributed by atoms with Gasteiger partial charge in [-0.2, -0.15) is 0 Å². The first kappa shape index (κ1) is 8.50. The maximum atomic E-state index is 10.5. The van der Waals surface area contributed by atoms with Gasteiger partial charge in [-0.15, -0.1) is 0 Å². The van der Waals surface area contributed by atoms with Crippen molar-refractivity contribution in [1.29, 1.82) is 0 Å². The lowest BCUT2D eigenvalue weighted by Crippen LogP contribution is -1.93. The first-order valence-electron chi connectivity index (χ1n) is 4.09. The topological polar surface area (TPSA) is 55.7 Å². The highest BCUT2D eigenvalue weighted by Gasteiger charge is 1.99. The third-order valence-electron chi connectivity index (χ3n) is 1.76. The average molecular weight is 185 g/mol. The van der Waals surface area contributed by atoms with Crippen LogP contribution in [0.5, 0.6) is 0 Å². The molecular formula is C10H7N3O. The molecule has 0 saturated carbocycles. The fraction of sp³-hybridized carbons (Fsp3) is 0. The number of aldehydes is 1. The van der Waals surface area contributed by atoms with Gasteiger partial charge in [0, 0.05) is 24.2 Å². The molecule has 4 heteroatoms. The van der Waals surface area contributed by atoms with Crippen LogP contribution >= 0.6 is 0 Å². The van der Waals surface area contributed by atoms with Crippen LogP contribution in [0.1, 0.15) is 10.6 Å². The number of hydrogen-bond acceptors (Lipinski definition) is 4. The highest BCUT2D eigenvalue weighted by atomic mass is 16.1. The zero-order chi connectivity index (χ0) is 9.80. The number of aromatic nitrogens is 3. The van der Waals surface area contributed by atoms with Crippen LogP contribution < -0.4 is 0 Å². The van der Waals surface area contributed by atoms with Crippen LogP contribution in [0.25, 0.3) is 11.3 Å². The van der Waals surface area contributed by atoms with Crippen molar-refractivity contribution < 1.29 is 4.79 Å². The lowest BCUT2D eigenvalue weighted by molar-refractivity contribution is 0.111. The normalized spacial score (nSPS) is 9.71. The molecule has 0 amide bonds. The van der Waals surface area contributed by atoms with E-state index < -0.39 is 0 Å². The number of pyridine rings is 1. The molecule has 0 bridgehead atoms. The monoisotopic (exact) mass is 185 g/mol. The van der Waals surface area contributed by atoms with E-state index in [0.717, 1.165) is 11.3 Å². The lowest BCUT2D eigenvalue weighted by Gasteiger charge is -1.98. The van der Waals surface area contributed by atoms with Gasteiger partial charge in [-0.25, -0.2) is 9.97 Å². The number of nitrogens with zero attached hydrogens (tertiary/aromatic N) is 3. The number of rotatable bonds is 2. The molecule has 2 aromatic rings. The van der Waals surface area contributed by atoms with E-state index >= 15 is 0 Å². The largest absolute Gasteiger partial charge is 0.294 e. The van der Waals surface area contributed by atoms with E-state index in [2.05, 4.69) is 15.0 Å². The molecule has 0 aromatic carbocycles. The molecule has 0 aliphatic heterocycles. The van der Waals surface area contributed by atoms with E-state index in [1.54, 1.807) is 24.7 Å². The Balaban J connectivity index is 2.47. The fourth-order valence-electron chi connectivity index (χ4n) is 1.11. The second-order valence-electron chi connectivity index (χ2n) is 2.65. The SMILES string of the molecule is O=Cc1nccc(-c2ccncc2)n1. The fourth-order valence-corrected chi connectivity index (χ4v) is 1.11. The quantitative estimate of drug-likeness (QED) is 0.662. The standard InChI is InChI=1S/C10H7N3O/c14-7-10-12-6-3-9(13-10)8-1-4-11-5-2-8/h1-7H. The maximum Gasteiger partial charge on any atom is 0.193 e. The molecule has 68 valence electrons. The average Bonchev–Trinajstić information content (AvgIpc) is 2.30. The molecule has 0 N–H and O–H groups in total. The highest BCUT2D eigenvalue weighted by molar-refractivity contribution is 5.70. The van der Waals surface area contributed by atoms with Gasteiger partial charge >= 0.3 is 0 Å². The van der Waals surface area contributed by atoms with Gasteiger partial charge in [0.1, 0.15) is 0 Å². The molecule has 0 aliphatic rings. The minimum Gasteiger partial charge on any atom is -0.294 e. The van der Waals surface area contributed by atoms with Crippen LogP contribution in [0.15, 0.2) is 36.8 Å². The van der Waals surface area contributed by atoms with Crippen molar-refractivity contribution >= 4 is 6.29 Å². The van der Waals surface area contributed by atoms with Gasteiger partial charge < -0.3 is 0 Å². The lowest BCUT2D eigenvalue weighted by atomic mass is 10.2. The van der Waals surface area contributed by atoms with Gasteiger partial charge in [-0.1, -0.05) is 0 Å². The molecular weight excluding hydrogens is 178 g/mol. The summed E-state index contributed by atoms with van der Waals surface area (Å²) in [6, 6.07) is 5.41. The molecule has 4 nitrogen and oxygen atoms in total. The molecule has 0 spiro atoms. The van der Waals surface area contributed by atoms with Crippen molar-refractivity contribution in [3.63, 3.8) is 0 Å². The Kier molecular flexibility index (Phi) is 2.27. The Hall–Kier alpha value is -2.10. The summed E-state index contributed by atoms with van der Waals surface area (Å²) in [6.45, 7) is 0. The number of carbonyl (C=O) groups excluding carboxylic acids is 1. The molecule has 0 aliphatic carbocycles. The summed E-state index contributed by atoms with van der Waals surface area (Å²) < 4.78 is 0. The molecule has 14 heavy (non-hydrogen) atoms. The van der Waals surface area contributed by atoms with E-state index in [4.69, 9.17) is 0 Å². The van der Waals surface area contributed by atoms with Crippen molar-refractivity contribution in [2.24, 2.45) is 0 Å². The Labute approximate surface area is 80.7 Å². The van der Waals surface area contributed by atoms with Crippen LogP contribution in [-0.4, -0.2) is 21.2 Å². The first-order valence-corrected chi connectivity index (χ1v) is 4.09. The Morgan fingerprint density at radius 1 is 1.07 bits per heavy atom. The molecule has 0 unspecified atom stereocenters. The van der Waals surface area contributed by atoms with E-state index in [1.165, 1.54) is 0 Å². The van der Waals surface area contributed by atoms with Gasteiger partial charge in [0.2, 0.25) is 0 Å². The Bertz CT molecular complexity index is 442. The summed E-state index contributed by atoms with van der Waals surface area (Å²) in [5, 5.41) is 0. The molecule has 0 atom stereocenters. The summed E-state index contributed by atoms with van der Waals surface area (Å²) in [4.78, 5) is 22.2. The Morgan fingerprint density at radius 3 is 2.57 bits per heavy atom.